The molecule has 1 atom stereocenters. The monoisotopic (exact) mass is 456 g/mol. The van der Waals surface area contributed by atoms with Crippen LogP contribution in [0.25, 0.3) is 0 Å². The van der Waals surface area contributed by atoms with Gasteiger partial charge in [-0.3, -0.25) is 4.99 Å². The van der Waals surface area contributed by atoms with E-state index in [1.54, 1.807) is 37.6 Å². The van der Waals surface area contributed by atoms with E-state index in [0.717, 1.165) is 5.69 Å². The lowest BCUT2D eigenvalue weighted by atomic mass is 10.2. The molecular formula is C22H30N7O4+. The van der Waals surface area contributed by atoms with Crippen molar-refractivity contribution >= 4 is 29.8 Å². The van der Waals surface area contributed by atoms with Gasteiger partial charge in [-0.15, -0.1) is 10.0 Å². The largest absolute Gasteiger partial charge is 0.497 e. The average molecular weight is 457 g/mol. The number of methoxy groups -OCH3 is 2. The number of ether oxygens (including phenoxy) is 3. The summed E-state index contributed by atoms with van der Waals surface area (Å²) >= 11 is 0. The Labute approximate surface area is 193 Å². The van der Waals surface area contributed by atoms with Crippen molar-refractivity contribution in [1.82, 2.24) is 9.91 Å². The standard InChI is InChI=1S/C22H30N7O4/c1-22(2,3)33-21(30)27-7-9-28(10-8-27)29-11-6-23-15-19(29)25-20(26-29)24-16-12-17(31-4)14-18(13-16)32-5/h6,11-15H,7-10H2,1-5H3,(H,24,26)/q+1. The van der Waals surface area contributed by atoms with Gasteiger partial charge in [-0.1, -0.05) is 0 Å². The van der Waals surface area contributed by atoms with E-state index < -0.39 is 5.60 Å². The molecule has 1 saturated heterocycles. The van der Waals surface area contributed by atoms with Gasteiger partial charge in [0.25, 0.3) is 5.96 Å². The van der Waals surface area contributed by atoms with E-state index in [2.05, 4.69) is 20.3 Å². The Bertz CT molecular complexity index is 1010. The van der Waals surface area contributed by atoms with Gasteiger partial charge >= 0.3 is 11.9 Å². The Morgan fingerprint density at radius 2 is 1.73 bits per heavy atom. The Hall–Kier alpha value is -3.44. The number of amides is 1. The minimum absolute atomic E-state index is 0.0646. The Morgan fingerprint density at radius 1 is 1.06 bits per heavy atom. The van der Waals surface area contributed by atoms with Gasteiger partial charge in [0.2, 0.25) is 0 Å². The summed E-state index contributed by atoms with van der Waals surface area (Å²) in [5.74, 6) is 2.42. The number of piperazine rings is 1. The molecule has 0 radical (unpaired) electrons. The van der Waals surface area contributed by atoms with Gasteiger partial charge in [0.15, 0.2) is 6.20 Å². The molecule has 3 aliphatic heterocycles. The number of nitrogens with zero attached hydrogens (tertiary/aromatic N) is 6. The van der Waals surface area contributed by atoms with Crippen molar-refractivity contribution in [1.29, 1.82) is 0 Å². The number of aliphatic imine (C=N–C) groups is 2. The molecule has 0 spiro atoms. The van der Waals surface area contributed by atoms with Crippen molar-refractivity contribution in [2.75, 3.05) is 45.7 Å². The number of amidine groups is 1. The van der Waals surface area contributed by atoms with Crippen LogP contribution < -0.4 is 14.8 Å². The van der Waals surface area contributed by atoms with Crippen LogP contribution >= 0.6 is 0 Å². The maximum Gasteiger partial charge on any atom is 0.410 e. The first-order valence-corrected chi connectivity index (χ1v) is 10.7. The smallest absolute Gasteiger partial charge is 0.410 e. The van der Waals surface area contributed by atoms with E-state index in [0.29, 0.717) is 49.5 Å². The predicted octanol–water partition coefficient (Wildman–Crippen LogP) is 2.64. The summed E-state index contributed by atoms with van der Waals surface area (Å²) in [6, 6.07) is 5.48. The molecule has 1 amide bonds. The number of hydrogen-bond acceptors (Lipinski definition) is 9. The van der Waals surface area contributed by atoms with Crippen LogP contribution in [0.15, 0.2) is 45.7 Å². The molecular weight excluding hydrogens is 426 g/mol. The van der Waals surface area contributed by atoms with E-state index in [9.17, 15) is 4.79 Å². The van der Waals surface area contributed by atoms with Crippen molar-refractivity contribution in [2.45, 2.75) is 26.4 Å². The molecule has 11 nitrogen and oxygen atoms in total. The highest BCUT2D eigenvalue weighted by atomic mass is 16.6. The highest BCUT2D eigenvalue weighted by molar-refractivity contribution is 6.30. The Balaban J connectivity index is 1.51. The summed E-state index contributed by atoms with van der Waals surface area (Å²) in [7, 11) is 3.20. The molecule has 1 aromatic carbocycles. The molecule has 11 heteroatoms. The van der Waals surface area contributed by atoms with Gasteiger partial charge in [-0.2, -0.15) is 0 Å². The zero-order valence-corrected chi connectivity index (χ0v) is 19.6. The SMILES string of the molecule is COc1cc(NC2=N[N+]3(N4CCN(C(=O)OC(C)(C)C)CC4)C=CN=CC3=N2)cc(OC)c1. The number of hydrogen-bond donors (Lipinski definition) is 1. The predicted molar refractivity (Wildman–Crippen MR) is 125 cm³/mol. The molecule has 1 aromatic rings. The third kappa shape index (κ3) is 4.83. The van der Waals surface area contributed by atoms with E-state index in [1.165, 1.54) is 0 Å². The second-order valence-electron chi connectivity index (χ2n) is 8.77. The highest BCUT2D eigenvalue weighted by Gasteiger charge is 2.48. The molecule has 3 heterocycles. The molecule has 1 fully saturated rings. The first-order chi connectivity index (χ1) is 15.7. The third-order valence-corrected chi connectivity index (χ3v) is 5.30. The van der Waals surface area contributed by atoms with Crippen LogP contribution in [0, 0.1) is 0 Å². The minimum Gasteiger partial charge on any atom is -0.497 e. The van der Waals surface area contributed by atoms with Gasteiger partial charge in [0.05, 0.1) is 33.5 Å². The van der Waals surface area contributed by atoms with Crippen LogP contribution in [0.4, 0.5) is 10.5 Å². The van der Waals surface area contributed by atoms with Crippen LogP contribution in [0.5, 0.6) is 11.5 Å². The Morgan fingerprint density at radius 3 is 2.33 bits per heavy atom. The van der Waals surface area contributed by atoms with Gasteiger partial charge < -0.3 is 24.4 Å². The molecule has 1 N–H and O–H groups in total. The maximum atomic E-state index is 12.4. The van der Waals surface area contributed by atoms with Gasteiger partial charge in [-0.25, -0.2) is 4.79 Å². The van der Waals surface area contributed by atoms with E-state index in [1.807, 2.05) is 39.1 Å². The minimum atomic E-state index is -0.523. The second kappa shape index (κ2) is 8.83. The second-order valence-corrected chi connectivity index (χ2v) is 8.77. The summed E-state index contributed by atoms with van der Waals surface area (Å²) in [5.41, 5.74) is 0.216. The number of nitrogens with one attached hydrogen (secondary N) is 1. The van der Waals surface area contributed by atoms with Gasteiger partial charge in [0.1, 0.15) is 23.3 Å². The topological polar surface area (TPSA) is 100 Å². The summed E-state index contributed by atoms with van der Waals surface area (Å²) in [4.78, 5) is 23.1. The van der Waals surface area contributed by atoms with Crippen molar-refractivity contribution in [3.63, 3.8) is 0 Å². The fraction of sp³-hybridized carbons (Fsp3) is 0.455. The summed E-state index contributed by atoms with van der Waals surface area (Å²) in [6.07, 6.45) is 4.99. The molecule has 3 aliphatic rings. The highest BCUT2D eigenvalue weighted by Crippen LogP contribution is 2.29. The molecule has 0 bridgehead atoms. The molecule has 4 rings (SSSR count). The number of benzene rings is 1. The molecule has 33 heavy (non-hydrogen) atoms. The zero-order chi connectivity index (χ0) is 23.6. The molecule has 0 aromatic heterocycles. The van der Waals surface area contributed by atoms with Crippen LogP contribution in [0.3, 0.4) is 0 Å². The van der Waals surface area contributed by atoms with Crippen molar-refractivity contribution < 1.29 is 23.7 Å². The van der Waals surface area contributed by atoms with Crippen LogP contribution in [0.2, 0.25) is 0 Å². The number of carbonyl (C=O) groups is 1. The first kappa shape index (κ1) is 22.7. The van der Waals surface area contributed by atoms with E-state index >= 15 is 0 Å². The zero-order valence-electron chi connectivity index (χ0n) is 19.6. The van der Waals surface area contributed by atoms with Gasteiger partial charge in [-0.05, 0) is 30.6 Å². The van der Waals surface area contributed by atoms with Crippen molar-refractivity contribution in [3.8, 4) is 11.5 Å². The number of fused-ring (bicyclic) bond motifs is 1. The van der Waals surface area contributed by atoms with E-state index in [4.69, 9.17) is 19.3 Å². The number of carbonyl (C=O) groups excluding carboxylic acids is 1. The Kier molecular flexibility index (Phi) is 6.09. The number of rotatable bonds is 4. The quantitative estimate of drug-likeness (QED) is 0.699. The molecule has 0 aliphatic carbocycles. The molecule has 1 unspecified atom stereocenters. The van der Waals surface area contributed by atoms with Crippen molar-refractivity contribution in [2.24, 2.45) is 15.1 Å². The van der Waals surface area contributed by atoms with Crippen LogP contribution in [-0.4, -0.2) is 84.7 Å². The normalized spacial score (nSPS) is 22.4. The average Bonchev–Trinajstić information content (AvgIpc) is 3.16. The first-order valence-electron chi connectivity index (χ1n) is 10.7. The van der Waals surface area contributed by atoms with Crippen molar-refractivity contribution in [3.05, 3.63) is 30.6 Å². The fourth-order valence-corrected chi connectivity index (χ4v) is 3.74. The summed E-state index contributed by atoms with van der Waals surface area (Å²) in [6.45, 7) is 7.85. The fourth-order valence-electron chi connectivity index (χ4n) is 3.74. The van der Waals surface area contributed by atoms with Crippen LogP contribution in [0.1, 0.15) is 20.8 Å². The lowest BCUT2D eigenvalue weighted by molar-refractivity contribution is -0.918. The third-order valence-electron chi connectivity index (χ3n) is 5.30. The van der Waals surface area contributed by atoms with E-state index in [-0.39, 0.29) is 10.8 Å². The number of quaternary nitrogens is 1. The maximum absolute atomic E-state index is 12.4. The summed E-state index contributed by atoms with van der Waals surface area (Å²) in [5, 5.41) is 10.3. The molecule has 0 saturated carbocycles. The lowest BCUT2D eigenvalue weighted by Gasteiger charge is -2.40. The lowest BCUT2D eigenvalue weighted by Crippen LogP contribution is -2.63. The number of anilines is 1. The van der Waals surface area contributed by atoms with Crippen LogP contribution in [-0.2, 0) is 4.74 Å². The number of guanidine groups is 1. The molecule has 176 valence electrons. The summed E-state index contributed by atoms with van der Waals surface area (Å²) < 4.78 is 16.3. The van der Waals surface area contributed by atoms with Gasteiger partial charge in [0, 0.05) is 37.0 Å².